The fraction of sp³-hybridized carbons (Fsp3) is 0.143. The van der Waals surface area contributed by atoms with Crippen molar-refractivity contribution < 1.29 is 19.4 Å². The topological polar surface area (TPSA) is 110 Å². The maximum atomic E-state index is 12.3. The van der Waals surface area contributed by atoms with Crippen LogP contribution in [-0.4, -0.2) is 34.4 Å². The molecule has 0 radical (unpaired) electrons. The first kappa shape index (κ1) is 22.3. The molecule has 8 nitrogen and oxygen atoms in total. The number of benzene rings is 2. The van der Waals surface area contributed by atoms with Gasteiger partial charge in [0.15, 0.2) is 6.61 Å². The summed E-state index contributed by atoms with van der Waals surface area (Å²) in [6.45, 7) is 1.77. The van der Waals surface area contributed by atoms with Gasteiger partial charge in [0.25, 0.3) is 5.91 Å². The van der Waals surface area contributed by atoms with Crippen LogP contribution in [0.25, 0.3) is 0 Å². The summed E-state index contributed by atoms with van der Waals surface area (Å²) in [5.74, 6) is -0.916. The number of halogens is 1. The number of carbonyl (C=O) groups excluding carboxylic acids is 1. The van der Waals surface area contributed by atoms with Crippen LogP contribution in [0.4, 0.5) is 0 Å². The SMILES string of the molecule is Cc1ccccc1OCC(=O)NN=Cc1sc(=O)n(Cc2cccc(C(=O)O)c2)c1Cl. The summed E-state index contributed by atoms with van der Waals surface area (Å²) in [6, 6.07) is 13.6. The molecule has 1 heterocycles. The first-order valence-electron chi connectivity index (χ1n) is 9.07. The molecule has 3 rings (SSSR count). The molecule has 0 aliphatic carbocycles. The number of rotatable bonds is 8. The monoisotopic (exact) mass is 459 g/mol. The molecule has 0 saturated heterocycles. The third-order valence-electron chi connectivity index (χ3n) is 4.20. The van der Waals surface area contributed by atoms with Crippen LogP contribution in [0.1, 0.15) is 26.4 Å². The molecule has 1 aromatic heterocycles. The standard InChI is InChI=1S/C21H18ClN3O5S/c1-13-5-2-3-8-16(13)30-12-18(26)24-23-10-17-19(22)25(21(29)31-17)11-14-6-4-7-15(9-14)20(27)28/h2-10H,11-12H2,1H3,(H,24,26)(H,27,28). The fourth-order valence-electron chi connectivity index (χ4n) is 2.66. The average molecular weight is 460 g/mol. The van der Waals surface area contributed by atoms with Crippen LogP contribution >= 0.6 is 22.9 Å². The second kappa shape index (κ2) is 10.1. The van der Waals surface area contributed by atoms with Crippen molar-refractivity contribution in [2.24, 2.45) is 5.10 Å². The smallest absolute Gasteiger partial charge is 0.335 e. The predicted molar refractivity (Wildman–Crippen MR) is 119 cm³/mol. The van der Waals surface area contributed by atoms with E-state index in [1.54, 1.807) is 18.2 Å². The quantitative estimate of drug-likeness (QED) is 0.397. The first-order chi connectivity index (χ1) is 14.8. The molecule has 0 spiro atoms. The maximum Gasteiger partial charge on any atom is 0.335 e. The van der Waals surface area contributed by atoms with E-state index in [0.717, 1.165) is 16.9 Å². The Morgan fingerprint density at radius 2 is 2.03 bits per heavy atom. The normalized spacial score (nSPS) is 10.9. The van der Waals surface area contributed by atoms with E-state index in [1.165, 1.54) is 22.9 Å². The summed E-state index contributed by atoms with van der Waals surface area (Å²) in [7, 11) is 0. The van der Waals surface area contributed by atoms with Gasteiger partial charge in [-0.25, -0.2) is 10.2 Å². The Kier molecular flexibility index (Phi) is 7.22. The molecule has 0 aliphatic rings. The summed E-state index contributed by atoms with van der Waals surface area (Å²) >= 11 is 7.15. The summed E-state index contributed by atoms with van der Waals surface area (Å²) in [4.78, 5) is 35.3. The number of para-hydroxylation sites is 1. The van der Waals surface area contributed by atoms with Crippen molar-refractivity contribution in [1.29, 1.82) is 0 Å². The zero-order chi connectivity index (χ0) is 22.4. The highest BCUT2D eigenvalue weighted by Gasteiger charge is 2.13. The van der Waals surface area contributed by atoms with Crippen molar-refractivity contribution in [2.75, 3.05) is 6.61 Å². The van der Waals surface area contributed by atoms with E-state index in [4.69, 9.17) is 21.4 Å². The number of carbonyl (C=O) groups is 2. The number of carboxylic acids is 1. The van der Waals surface area contributed by atoms with Gasteiger partial charge in [0, 0.05) is 0 Å². The Bertz CT molecular complexity index is 1200. The lowest BCUT2D eigenvalue weighted by molar-refractivity contribution is -0.123. The minimum Gasteiger partial charge on any atom is -0.483 e. The van der Waals surface area contributed by atoms with Gasteiger partial charge < -0.3 is 9.84 Å². The highest BCUT2D eigenvalue weighted by molar-refractivity contribution is 7.11. The molecule has 0 aliphatic heterocycles. The number of thiazole rings is 1. The lowest BCUT2D eigenvalue weighted by Crippen LogP contribution is -2.24. The molecule has 10 heteroatoms. The van der Waals surface area contributed by atoms with Crippen LogP contribution in [0.15, 0.2) is 58.4 Å². The van der Waals surface area contributed by atoms with Crippen molar-refractivity contribution >= 4 is 41.0 Å². The molecule has 0 saturated carbocycles. The minimum absolute atomic E-state index is 0.111. The van der Waals surface area contributed by atoms with E-state index < -0.39 is 11.9 Å². The molecule has 1 amide bonds. The largest absolute Gasteiger partial charge is 0.483 e. The third kappa shape index (κ3) is 5.80. The molecule has 0 fully saturated rings. The van der Waals surface area contributed by atoms with E-state index in [2.05, 4.69) is 10.5 Å². The Morgan fingerprint density at radius 1 is 1.26 bits per heavy atom. The van der Waals surface area contributed by atoms with Crippen LogP contribution in [-0.2, 0) is 11.3 Å². The van der Waals surface area contributed by atoms with Crippen molar-refractivity contribution in [3.8, 4) is 5.75 Å². The van der Waals surface area contributed by atoms with Gasteiger partial charge >= 0.3 is 10.8 Å². The third-order valence-corrected chi connectivity index (χ3v) is 5.63. The summed E-state index contributed by atoms with van der Waals surface area (Å²) in [6.07, 6.45) is 1.28. The zero-order valence-corrected chi connectivity index (χ0v) is 17.9. The van der Waals surface area contributed by atoms with Crippen molar-refractivity contribution in [2.45, 2.75) is 13.5 Å². The molecule has 0 atom stereocenters. The number of nitrogens with one attached hydrogen (secondary N) is 1. The molecular formula is C21H18ClN3O5S. The van der Waals surface area contributed by atoms with Crippen molar-refractivity contribution in [1.82, 2.24) is 9.99 Å². The van der Waals surface area contributed by atoms with Crippen LogP contribution in [0, 0.1) is 6.92 Å². The number of ether oxygens (including phenoxy) is 1. The van der Waals surface area contributed by atoms with Crippen LogP contribution < -0.4 is 15.0 Å². The number of aryl methyl sites for hydroxylation is 1. The molecule has 2 N–H and O–H groups in total. The average Bonchev–Trinajstić information content (AvgIpc) is 3.01. The highest BCUT2D eigenvalue weighted by atomic mass is 35.5. The van der Waals surface area contributed by atoms with Gasteiger partial charge in [0.2, 0.25) is 0 Å². The lowest BCUT2D eigenvalue weighted by atomic mass is 10.1. The van der Waals surface area contributed by atoms with Crippen LogP contribution in [0.3, 0.4) is 0 Å². The Labute approximate surface area is 186 Å². The van der Waals surface area contributed by atoms with E-state index in [0.29, 0.717) is 16.2 Å². The van der Waals surface area contributed by atoms with E-state index in [9.17, 15) is 14.4 Å². The highest BCUT2D eigenvalue weighted by Crippen LogP contribution is 2.19. The van der Waals surface area contributed by atoms with Gasteiger partial charge in [-0.05, 0) is 36.2 Å². The number of hydrazone groups is 1. The molecule has 0 bridgehead atoms. The zero-order valence-electron chi connectivity index (χ0n) is 16.4. The fourth-order valence-corrected chi connectivity index (χ4v) is 3.77. The Hall–Kier alpha value is -3.43. The van der Waals surface area contributed by atoms with Crippen LogP contribution in [0.5, 0.6) is 5.75 Å². The summed E-state index contributed by atoms with van der Waals surface area (Å²) in [5, 5.41) is 13.1. The summed E-state index contributed by atoms with van der Waals surface area (Å²) < 4.78 is 6.74. The van der Waals surface area contributed by atoms with Gasteiger partial charge in [-0.2, -0.15) is 5.10 Å². The van der Waals surface area contributed by atoms with Gasteiger partial charge in [0.05, 0.1) is 23.2 Å². The molecule has 160 valence electrons. The van der Waals surface area contributed by atoms with Crippen molar-refractivity contribution in [3.05, 3.63) is 84.9 Å². The number of aromatic nitrogens is 1. The second-order valence-electron chi connectivity index (χ2n) is 6.46. The number of amides is 1. The van der Waals surface area contributed by atoms with Crippen LogP contribution in [0.2, 0.25) is 5.15 Å². The van der Waals surface area contributed by atoms with E-state index in [-0.39, 0.29) is 28.7 Å². The molecule has 31 heavy (non-hydrogen) atoms. The number of carboxylic acid groups (broad SMARTS) is 1. The predicted octanol–water partition coefficient (Wildman–Crippen LogP) is 3.15. The first-order valence-corrected chi connectivity index (χ1v) is 10.3. The summed E-state index contributed by atoms with van der Waals surface area (Å²) in [5.41, 5.74) is 3.97. The van der Waals surface area contributed by atoms with Gasteiger partial charge in [-0.15, -0.1) is 0 Å². The molecule has 0 unspecified atom stereocenters. The molecular weight excluding hydrogens is 442 g/mol. The van der Waals surface area contributed by atoms with E-state index >= 15 is 0 Å². The van der Waals surface area contributed by atoms with E-state index in [1.807, 2.05) is 25.1 Å². The number of hydrogen-bond acceptors (Lipinski definition) is 6. The van der Waals surface area contributed by atoms with Gasteiger partial charge in [-0.1, -0.05) is 53.3 Å². The van der Waals surface area contributed by atoms with Gasteiger partial charge in [0.1, 0.15) is 10.9 Å². The Balaban J connectivity index is 1.62. The number of nitrogens with zero attached hydrogens (tertiary/aromatic N) is 2. The second-order valence-corrected chi connectivity index (χ2v) is 7.81. The number of hydrogen-bond donors (Lipinski definition) is 2. The lowest BCUT2D eigenvalue weighted by Gasteiger charge is -2.07. The Morgan fingerprint density at radius 3 is 2.77 bits per heavy atom. The molecule has 3 aromatic rings. The maximum absolute atomic E-state index is 12.3. The molecule has 2 aromatic carbocycles. The van der Waals surface area contributed by atoms with Gasteiger partial charge in [-0.3, -0.25) is 14.2 Å². The van der Waals surface area contributed by atoms with Crippen molar-refractivity contribution in [3.63, 3.8) is 0 Å². The number of aromatic carboxylic acids is 1. The minimum atomic E-state index is -1.06.